The second kappa shape index (κ2) is 12.0. The summed E-state index contributed by atoms with van der Waals surface area (Å²) < 4.78 is 24.8. The number of carbonyl (C=O) groups excluding carboxylic acids is 1. The molecule has 1 aromatic heterocycles. The molecule has 0 N–H and O–H groups in total. The van der Waals surface area contributed by atoms with Crippen molar-refractivity contribution < 1.29 is 23.7 Å². The predicted molar refractivity (Wildman–Crippen MR) is 155 cm³/mol. The smallest absolute Gasteiger partial charge is 0.338 e. The third kappa shape index (κ3) is 5.78. The minimum absolute atomic E-state index is 0.0638. The molecule has 39 heavy (non-hydrogen) atoms. The van der Waals surface area contributed by atoms with Gasteiger partial charge < -0.3 is 18.9 Å². The van der Waals surface area contributed by atoms with Crippen molar-refractivity contribution in [3.05, 3.63) is 81.9 Å². The molecule has 0 spiro atoms. The quantitative estimate of drug-likeness (QED) is 0.323. The van der Waals surface area contributed by atoms with E-state index in [1.807, 2.05) is 26.0 Å². The number of esters is 1. The lowest BCUT2D eigenvalue weighted by atomic mass is 9.95. The van der Waals surface area contributed by atoms with Crippen LogP contribution in [0.25, 0.3) is 6.08 Å². The molecule has 3 aromatic rings. The standard InChI is InChI=1S/C28H28BrClN2O6S/c1-7-37-27(34)23-15(4)31-28-32(24(23)17-8-9-20(38-14(2)3)21(13-17)35-5)26(33)22(39-28)12-16-10-18(29)25(36-6)19(30)11-16/h8-14,24H,7H2,1-6H3/b22-12-/t24-/m1/s1. The van der Waals surface area contributed by atoms with Crippen molar-refractivity contribution in [2.75, 3.05) is 20.8 Å². The lowest BCUT2D eigenvalue weighted by molar-refractivity contribution is -0.139. The molecule has 0 amide bonds. The zero-order chi connectivity index (χ0) is 28.4. The number of halogens is 2. The van der Waals surface area contributed by atoms with E-state index < -0.39 is 12.0 Å². The number of nitrogens with zero attached hydrogens (tertiary/aromatic N) is 2. The first-order valence-electron chi connectivity index (χ1n) is 12.2. The molecular formula is C28H28BrClN2O6S. The number of carbonyl (C=O) groups is 1. The van der Waals surface area contributed by atoms with Crippen molar-refractivity contribution in [1.82, 2.24) is 4.57 Å². The van der Waals surface area contributed by atoms with Gasteiger partial charge in [-0.25, -0.2) is 9.79 Å². The molecule has 1 aliphatic heterocycles. The highest BCUT2D eigenvalue weighted by Crippen LogP contribution is 2.37. The van der Waals surface area contributed by atoms with Crippen molar-refractivity contribution in [2.24, 2.45) is 4.99 Å². The Morgan fingerprint density at radius 3 is 2.56 bits per heavy atom. The van der Waals surface area contributed by atoms with Gasteiger partial charge in [-0.3, -0.25) is 9.36 Å². The molecule has 1 atom stereocenters. The van der Waals surface area contributed by atoms with E-state index in [-0.39, 0.29) is 23.8 Å². The second-order valence-electron chi connectivity index (χ2n) is 8.90. The Hall–Kier alpha value is -3.08. The summed E-state index contributed by atoms with van der Waals surface area (Å²) in [5, 5.41) is 0.403. The number of ether oxygens (including phenoxy) is 4. The molecule has 1 aliphatic rings. The Kier molecular flexibility index (Phi) is 8.88. The number of hydrogen-bond acceptors (Lipinski definition) is 8. The largest absolute Gasteiger partial charge is 0.494 e. The maximum absolute atomic E-state index is 13.9. The molecular weight excluding hydrogens is 608 g/mol. The van der Waals surface area contributed by atoms with Gasteiger partial charge in [0.2, 0.25) is 0 Å². The van der Waals surface area contributed by atoms with Crippen molar-refractivity contribution in [3.63, 3.8) is 0 Å². The summed E-state index contributed by atoms with van der Waals surface area (Å²) in [5.41, 5.74) is 1.81. The average Bonchev–Trinajstić information content (AvgIpc) is 3.17. The maximum Gasteiger partial charge on any atom is 0.338 e. The zero-order valence-electron chi connectivity index (χ0n) is 22.3. The number of thiazole rings is 1. The van der Waals surface area contributed by atoms with Gasteiger partial charge in [0.15, 0.2) is 22.0 Å². The molecule has 0 aliphatic carbocycles. The Balaban J connectivity index is 1.94. The van der Waals surface area contributed by atoms with Crippen LogP contribution < -0.4 is 29.1 Å². The Bertz CT molecular complexity index is 1620. The Labute approximate surface area is 243 Å². The molecule has 8 nitrogen and oxygen atoms in total. The number of allylic oxidation sites excluding steroid dienone is 1. The molecule has 0 radical (unpaired) electrons. The highest BCUT2D eigenvalue weighted by atomic mass is 79.9. The lowest BCUT2D eigenvalue weighted by Gasteiger charge is -2.25. The number of rotatable bonds is 8. The van der Waals surface area contributed by atoms with Crippen LogP contribution in [0.5, 0.6) is 17.2 Å². The number of fused-ring (bicyclic) bond motifs is 1. The highest BCUT2D eigenvalue weighted by Gasteiger charge is 2.34. The van der Waals surface area contributed by atoms with Crippen molar-refractivity contribution in [3.8, 4) is 17.2 Å². The van der Waals surface area contributed by atoms with Crippen LogP contribution in [-0.4, -0.2) is 37.5 Å². The van der Waals surface area contributed by atoms with Gasteiger partial charge in [-0.2, -0.15) is 0 Å². The fourth-order valence-corrected chi connectivity index (χ4v) is 6.43. The van der Waals surface area contributed by atoms with Crippen molar-refractivity contribution in [2.45, 2.75) is 39.8 Å². The molecule has 0 unspecified atom stereocenters. The van der Waals surface area contributed by atoms with E-state index in [0.717, 1.165) is 0 Å². The summed E-state index contributed by atoms with van der Waals surface area (Å²) in [7, 11) is 3.08. The first kappa shape index (κ1) is 28.9. The molecule has 206 valence electrons. The average molecular weight is 636 g/mol. The minimum atomic E-state index is -0.782. The van der Waals surface area contributed by atoms with E-state index in [4.69, 9.17) is 30.5 Å². The normalized spacial score (nSPS) is 15.2. The van der Waals surface area contributed by atoms with Crippen molar-refractivity contribution in [1.29, 1.82) is 0 Å². The maximum atomic E-state index is 13.9. The molecule has 2 heterocycles. The highest BCUT2D eigenvalue weighted by molar-refractivity contribution is 9.10. The van der Waals surface area contributed by atoms with E-state index in [0.29, 0.717) is 52.9 Å². The Morgan fingerprint density at radius 1 is 1.21 bits per heavy atom. The summed E-state index contributed by atoms with van der Waals surface area (Å²) in [6, 6.07) is 8.12. The topological polar surface area (TPSA) is 88.4 Å². The van der Waals surface area contributed by atoms with E-state index in [1.54, 1.807) is 45.2 Å². The monoisotopic (exact) mass is 634 g/mol. The summed E-state index contributed by atoms with van der Waals surface area (Å²) in [5.74, 6) is 1.01. The van der Waals surface area contributed by atoms with Crippen LogP contribution in [0.15, 0.2) is 55.9 Å². The van der Waals surface area contributed by atoms with Gasteiger partial charge >= 0.3 is 5.97 Å². The fraction of sp³-hybridized carbons (Fsp3) is 0.321. The molecule has 0 fully saturated rings. The van der Waals surface area contributed by atoms with Crippen LogP contribution in [0.1, 0.15) is 44.9 Å². The fourth-order valence-electron chi connectivity index (χ4n) is 4.32. The van der Waals surface area contributed by atoms with E-state index in [1.165, 1.54) is 23.0 Å². The number of benzene rings is 2. The molecule has 0 bridgehead atoms. The van der Waals surface area contributed by atoms with Gasteiger partial charge in [0, 0.05) is 0 Å². The predicted octanol–water partition coefficient (Wildman–Crippen LogP) is 5.02. The van der Waals surface area contributed by atoms with Crippen LogP contribution in [0.2, 0.25) is 5.02 Å². The van der Waals surface area contributed by atoms with Crippen LogP contribution in [0.3, 0.4) is 0 Å². The summed E-state index contributed by atoms with van der Waals surface area (Å²) >= 11 is 11.1. The third-order valence-corrected chi connectivity index (χ3v) is 7.76. The Morgan fingerprint density at radius 2 is 1.95 bits per heavy atom. The summed E-state index contributed by atoms with van der Waals surface area (Å²) in [4.78, 5) is 32.1. The number of aromatic nitrogens is 1. The van der Waals surface area contributed by atoms with Crippen LogP contribution in [0, 0.1) is 0 Å². The van der Waals surface area contributed by atoms with Gasteiger partial charge in [-0.05, 0) is 85.1 Å². The van der Waals surface area contributed by atoms with Crippen molar-refractivity contribution >= 4 is 50.9 Å². The van der Waals surface area contributed by atoms with E-state index in [2.05, 4.69) is 20.9 Å². The molecule has 0 saturated carbocycles. The molecule has 2 aromatic carbocycles. The molecule has 0 saturated heterocycles. The minimum Gasteiger partial charge on any atom is -0.494 e. The van der Waals surface area contributed by atoms with Gasteiger partial charge in [-0.15, -0.1) is 0 Å². The summed E-state index contributed by atoms with van der Waals surface area (Å²) in [6.07, 6.45) is 1.67. The number of hydrogen-bond donors (Lipinski definition) is 0. The van der Waals surface area contributed by atoms with Crippen LogP contribution in [-0.2, 0) is 9.53 Å². The molecule has 11 heteroatoms. The first-order valence-corrected chi connectivity index (χ1v) is 14.2. The van der Waals surface area contributed by atoms with E-state index in [9.17, 15) is 9.59 Å². The third-order valence-electron chi connectivity index (χ3n) is 5.91. The zero-order valence-corrected chi connectivity index (χ0v) is 25.5. The first-order chi connectivity index (χ1) is 18.6. The van der Waals surface area contributed by atoms with Gasteiger partial charge in [0.05, 0.1) is 58.3 Å². The SMILES string of the molecule is CCOC(=O)C1=C(C)N=c2s/c(=C\c3cc(Cl)c(OC)c(Br)c3)c(=O)n2[C@@H]1c1ccc(OC(C)C)c(OC)c1. The lowest BCUT2D eigenvalue weighted by Crippen LogP contribution is -2.40. The van der Waals surface area contributed by atoms with Gasteiger partial charge in [0.1, 0.15) is 0 Å². The second-order valence-corrected chi connectivity index (χ2v) is 11.2. The number of methoxy groups -OCH3 is 2. The van der Waals surface area contributed by atoms with Crippen LogP contribution in [0.4, 0.5) is 0 Å². The molecule has 4 rings (SSSR count). The van der Waals surface area contributed by atoms with E-state index >= 15 is 0 Å². The summed E-state index contributed by atoms with van der Waals surface area (Å²) in [6.45, 7) is 7.50. The van der Waals surface area contributed by atoms with Crippen LogP contribution >= 0.6 is 38.9 Å². The van der Waals surface area contributed by atoms with Gasteiger partial charge in [0.25, 0.3) is 5.56 Å². The van der Waals surface area contributed by atoms with Gasteiger partial charge in [-0.1, -0.05) is 29.0 Å².